The minimum atomic E-state index is 0.733. The van der Waals surface area contributed by atoms with E-state index in [0.717, 1.165) is 29.5 Å². The average molecular weight is 195 g/mol. The first kappa shape index (κ1) is 8.45. The smallest absolute Gasteiger partial charge is 0.0620 e. The summed E-state index contributed by atoms with van der Waals surface area (Å²) in [5.41, 5.74) is 7.65. The van der Waals surface area contributed by atoms with Crippen LogP contribution >= 0.6 is 11.6 Å². The van der Waals surface area contributed by atoms with E-state index in [1.54, 1.807) is 0 Å². The second kappa shape index (κ2) is 3.30. The number of hydrogen-bond donors (Lipinski definition) is 1. The minimum Gasteiger partial charge on any atom is -0.397 e. The van der Waals surface area contributed by atoms with Crippen LogP contribution in [0.25, 0.3) is 0 Å². The van der Waals surface area contributed by atoms with Crippen molar-refractivity contribution >= 4 is 23.0 Å². The molecular formula is C10H11ClN2. The van der Waals surface area contributed by atoms with Gasteiger partial charge in [-0.2, -0.15) is 0 Å². The molecule has 0 fully saturated rings. The number of halogens is 1. The van der Waals surface area contributed by atoms with Crippen molar-refractivity contribution in [1.29, 1.82) is 0 Å². The third-order valence-electron chi connectivity index (χ3n) is 2.15. The van der Waals surface area contributed by atoms with Crippen LogP contribution in [0, 0.1) is 0 Å². The molecule has 2 N–H and O–H groups in total. The van der Waals surface area contributed by atoms with Crippen LogP contribution in [0.15, 0.2) is 30.4 Å². The van der Waals surface area contributed by atoms with Crippen molar-refractivity contribution in [2.75, 3.05) is 23.7 Å². The standard InChI is InChI=1S/C10H11ClN2/c11-8-3-4-9(12)10(7-8)13-5-1-2-6-13/h1-4,7H,5-6,12H2. The van der Waals surface area contributed by atoms with Crippen molar-refractivity contribution in [2.45, 2.75) is 0 Å². The zero-order valence-corrected chi connectivity index (χ0v) is 7.96. The zero-order chi connectivity index (χ0) is 9.26. The van der Waals surface area contributed by atoms with Gasteiger partial charge in [-0.3, -0.25) is 0 Å². The molecule has 68 valence electrons. The lowest BCUT2D eigenvalue weighted by atomic mass is 10.2. The molecule has 1 aromatic rings. The number of hydrogen-bond acceptors (Lipinski definition) is 2. The van der Waals surface area contributed by atoms with Gasteiger partial charge in [0, 0.05) is 18.1 Å². The molecule has 0 bridgehead atoms. The fourth-order valence-electron chi connectivity index (χ4n) is 1.47. The lowest BCUT2D eigenvalue weighted by molar-refractivity contribution is 1.01. The first-order valence-corrected chi connectivity index (χ1v) is 4.60. The lowest BCUT2D eigenvalue weighted by Crippen LogP contribution is -2.19. The Morgan fingerprint density at radius 2 is 1.92 bits per heavy atom. The molecule has 13 heavy (non-hydrogen) atoms. The van der Waals surface area contributed by atoms with Gasteiger partial charge in [0.1, 0.15) is 0 Å². The summed E-state index contributed by atoms with van der Waals surface area (Å²) in [5.74, 6) is 0. The molecule has 1 aliphatic rings. The van der Waals surface area contributed by atoms with Gasteiger partial charge in [-0.15, -0.1) is 0 Å². The number of anilines is 2. The predicted octanol–water partition coefficient (Wildman–Crippen LogP) is 2.30. The van der Waals surface area contributed by atoms with Crippen LogP contribution in [-0.2, 0) is 0 Å². The van der Waals surface area contributed by atoms with Gasteiger partial charge in [0.25, 0.3) is 0 Å². The molecule has 0 saturated carbocycles. The third-order valence-corrected chi connectivity index (χ3v) is 2.39. The van der Waals surface area contributed by atoms with Gasteiger partial charge in [-0.25, -0.2) is 0 Å². The van der Waals surface area contributed by atoms with Gasteiger partial charge < -0.3 is 10.6 Å². The number of rotatable bonds is 1. The Balaban J connectivity index is 2.33. The first-order valence-electron chi connectivity index (χ1n) is 4.22. The summed E-state index contributed by atoms with van der Waals surface area (Å²) >= 11 is 5.89. The van der Waals surface area contributed by atoms with Crippen molar-refractivity contribution in [3.8, 4) is 0 Å². The van der Waals surface area contributed by atoms with Gasteiger partial charge >= 0.3 is 0 Å². The van der Waals surface area contributed by atoms with E-state index in [9.17, 15) is 0 Å². The summed E-state index contributed by atoms with van der Waals surface area (Å²) in [7, 11) is 0. The van der Waals surface area contributed by atoms with Gasteiger partial charge in [0.2, 0.25) is 0 Å². The third kappa shape index (κ3) is 1.63. The van der Waals surface area contributed by atoms with Crippen molar-refractivity contribution in [3.05, 3.63) is 35.4 Å². The number of nitrogen functional groups attached to an aromatic ring is 1. The molecule has 1 aliphatic heterocycles. The summed E-state index contributed by atoms with van der Waals surface area (Å²) < 4.78 is 0. The van der Waals surface area contributed by atoms with Crippen LogP contribution in [0.3, 0.4) is 0 Å². The summed E-state index contributed by atoms with van der Waals surface area (Å²) in [4.78, 5) is 2.18. The summed E-state index contributed by atoms with van der Waals surface area (Å²) in [5, 5.41) is 0.733. The topological polar surface area (TPSA) is 29.3 Å². The molecule has 0 aliphatic carbocycles. The quantitative estimate of drug-likeness (QED) is 0.549. The molecule has 0 amide bonds. The summed E-state index contributed by atoms with van der Waals surface area (Å²) in [6.07, 6.45) is 4.25. The molecule has 1 aromatic carbocycles. The van der Waals surface area contributed by atoms with Crippen molar-refractivity contribution < 1.29 is 0 Å². The summed E-state index contributed by atoms with van der Waals surface area (Å²) in [6, 6.07) is 5.56. The van der Waals surface area contributed by atoms with E-state index in [-0.39, 0.29) is 0 Å². The molecule has 0 radical (unpaired) electrons. The number of nitrogens with zero attached hydrogens (tertiary/aromatic N) is 1. The maximum atomic E-state index is 5.89. The highest BCUT2D eigenvalue weighted by atomic mass is 35.5. The van der Waals surface area contributed by atoms with Gasteiger partial charge in [-0.1, -0.05) is 23.8 Å². The molecule has 0 atom stereocenters. The monoisotopic (exact) mass is 194 g/mol. The Labute approximate surface area is 82.6 Å². The molecule has 0 spiro atoms. The SMILES string of the molecule is Nc1ccc(Cl)cc1N1CC=CC1. The maximum Gasteiger partial charge on any atom is 0.0620 e. The Morgan fingerprint density at radius 1 is 1.23 bits per heavy atom. The van der Waals surface area contributed by atoms with Crippen LogP contribution in [0.4, 0.5) is 11.4 Å². The number of nitrogens with two attached hydrogens (primary N) is 1. The van der Waals surface area contributed by atoms with Crippen molar-refractivity contribution in [1.82, 2.24) is 0 Å². The van der Waals surface area contributed by atoms with Gasteiger partial charge in [-0.05, 0) is 18.2 Å². The van der Waals surface area contributed by atoms with E-state index in [2.05, 4.69) is 17.1 Å². The fourth-order valence-corrected chi connectivity index (χ4v) is 1.63. The highest BCUT2D eigenvalue weighted by Crippen LogP contribution is 2.27. The Hall–Kier alpha value is -1.15. The molecule has 0 aromatic heterocycles. The minimum absolute atomic E-state index is 0.733. The number of benzene rings is 1. The van der Waals surface area contributed by atoms with E-state index in [1.165, 1.54) is 0 Å². The molecule has 2 nitrogen and oxygen atoms in total. The van der Waals surface area contributed by atoms with E-state index >= 15 is 0 Å². The van der Waals surface area contributed by atoms with Crippen LogP contribution in [0.1, 0.15) is 0 Å². The lowest BCUT2D eigenvalue weighted by Gasteiger charge is -2.19. The second-order valence-corrected chi connectivity index (χ2v) is 3.52. The van der Waals surface area contributed by atoms with E-state index in [4.69, 9.17) is 17.3 Å². The largest absolute Gasteiger partial charge is 0.397 e. The summed E-state index contributed by atoms with van der Waals surface area (Å²) in [6.45, 7) is 1.84. The molecule has 3 heteroatoms. The Morgan fingerprint density at radius 3 is 2.62 bits per heavy atom. The van der Waals surface area contributed by atoms with Crippen LogP contribution in [0.5, 0.6) is 0 Å². The van der Waals surface area contributed by atoms with Gasteiger partial charge in [0.05, 0.1) is 11.4 Å². The van der Waals surface area contributed by atoms with E-state index < -0.39 is 0 Å². The molecule has 1 heterocycles. The average Bonchev–Trinajstić information content (AvgIpc) is 2.61. The Kier molecular flexibility index (Phi) is 2.15. The van der Waals surface area contributed by atoms with Crippen molar-refractivity contribution in [3.63, 3.8) is 0 Å². The van der Waals surface area contributed by atoms with Crippen LogP contribution in [-0.4, -0.2) is 13.1 Å². The molecular weight excluding hydrogens is 184 g/mol. The normalized spacial score (nSPS) is 15.3. The molecule has 0 saturated heterocycles. The highest BCUT2D eigenvalue weighted by molar-refractivity contribution is 6.31. The molecule has 2 rings (SSSR count). The fraction of sp³-hybridized carbons (Fsp3) is 0.200. The second-order valence-electron chi connectivity index (χ2n) is 3.08. The van der Waals surface area contributed by atoms with Crippen molar-refractivity contribution in [2.24, 2.45) is 0 Å². The Bertz CT molecular complexity index is 339. The van der Waals surface area contributed by atoms with Crippen LogP contribution < -0.4 is 10.6 Å². The van der Waals surface area contributed by atoms with E-state index in [0.29, 0.717) is 0 Å². The zero-order valence-electron chi connectivity index (χ0n) is 7.20. The highest BCUT2D eigenvalue weighted by Gasteiger charge is 2.10. The van der Waals surface area contributed by atoms with Crippen LogP contribution in [0.2, 0.25) is 5.02 Å². The first-order chi connectivity index (χ1) is 6.27. The predicted molar refractivity (Wildman–Crippen MR) is 57.2 cm³/mol. The molecule has 0 unspecified atom stereocenters. The van der Waals surface area contributed by atoms with E-state index in [1.807, 2.05) is 18.2 Å². The van der Waals surface area contributed by atoms with Gasteiger partial charge in [0.15, 0.2) is 0 Å². The maximum absolute atomic E-state index is 5.89.